The number of benzene rings is 1. The number of unbranched alkanes of at least 4 members (excludes halogenated alkanes) is 1. The fourth-order valence-corrected chi connectivity index (χ4v) is 1.80. The van der Waals surface area contributed by atoms with Gasteiger partial charge in [0.25, 0.3) is 5.91 Å². The molecule has 0 bridgehead atoms. The summed E-state index contributed by atoms with van der Waals surface area (Å²) in [6.07, 6.45) is 2.95. The molecule has 3 nitrogen and oxygen atoms in total. The van der Waals surface area contributed by atoms with E-state index in [0.29, 0.717) is 5.56 Å². The molecule has 0 heterocycles. The van der Waals surface area contributed by atoms with Crippen molar-refractivity contribution >= 4 is 5.91 Å². The summed E-state index contributed by atoms with van der Waals surface area (Å²) in [7, 11) is 0. The molecule has 0 aliphatic rings. The zero-order valence-corrected chi connectivity index (χ0v) is 11.9. The van der Waals surface area contributed by atoms with E-state index < -0.39 is 11.7 Å². The Balaban J connectivity index is 2.81. The van der Waals surface area contributed by atoms with Crippen molar-refractivity contribution in [2.45, 2.75) is 39.2 Å². The highest BCUT2D eigenvalue weighted by Crippen LogP contribution is 2.11. The predicted octanol–water partition coefficient (Wildman–Crippen LogP) is 2.48. The number of hydrogen-bond donors (Lipinski definition) is 2. The van der Waals surface area contributed by atoms with Gasteiger partial charge in [-0.1, -0.05) is 31.6 Å². The zero-order chi connectivity index (χ0) is 15.0. The third-order valence-electron chi connectivity index (χ3n) is 2.89. The van der Waals surface area contributed by atoms with Gasteiger partial charge >= 0.3 is 0 Å². The first-order valence-electron chi connectivity index (χ1n) is 6.78. The maximum Gasteiger partial charge on any atom is 0.254 e. The molecule has 0 aromatic heterocycles. The molecule has 0 aliphatic heterocycles. The minimum Gasteiger partial charge on any atom is -0.384 e. The lowest BCUT2D eigenvalue weighted by molar-refractivity contribution is 0.0934. The van der Waals surface area contributed by atoms with Crippen LogP contribution in [0.25, 0.3) is 0 Å². The van der Waals surface area contributed by atoms with Gasteiger partial charge in [-0.15, -0.1) is 0 Å². The van der Waals surface area contributed by atoms with Gasteiger partial charge in [-0.2, -0.15) is 0 Å². The van der Waals surface area contributed by atoms with Crippen molar-refractivity contribution in [3.8, 4) is 11.8 Å². The lowest BCUT2D eigenvalue weighted by atomic mass is 10.1. The van der Waals surface area contributed by atoms with E-state index in [1.165, 1.54) is 18.2 Å². The van der Waals surface area contributed by atoms with Gasteiger partial charge < -0.3 is 10.4 Å². The average molecular weight is 277 g/mol. The topological polar surface area (TPSA) is 49.3 Å². The summed E-state index contributed by atoms with van der Waals surface area (Å²) < 4.78 is 13.7. The molecular formula is C16H20FNO2. The Morgan fingerprint density at radius 1 is 1.50 bits per heavy atom. The monoisotopic (exact) mass is 277 g/mol. The van der Waals surface area contributed by atoms with Crippen molar-refractivity contribution in [3.05, 3.63) is 35.1 Å². The van der Waals surface area contributed by atoms with Crippen LogP contribution in [-0.2, 0) is 0 Å². The van der Waals surface area contributed by atoms with Gasteiger partial charge in [-0.3, -0.25) is 4.79 Å². The Kier molecular flexibility index (Phi) is 6.75. The standard InChI is InChI=1S/C16H20FNO2/c1-3-4-6-12(2)18-16(20)14-11-13(7-5-10-19)8-9-15(14)17/h8-9,11-12,19H,3-4,6,10H2,1-2H3,(H,18,20). The molecule has 0 aliphatic carbocycles. The normalized spacial score (nSPS) is 11.4. The van der Waals surface area contributed by atoms with Gasteiger partial charge in [-0.25, -0.2) is 4.39 Å². The molecule has 20 heavy (non-hydrogen) atoms. The minimum absolute atomic E-state index is 0.00836. The number of hydrogen-bond acceptors (Lipinski definition) is 2. The number of aliphatic hydroxyl groups excluding tert-OH is 1. The summed E-state index contributed by atoms with van der Waals surface area (Å²) in [6.45, 7) is 3.71. The number of carbonyl (C=O) groups excluding carboxylic acids is 1. The van der Waals surface area contributed by atoms with Crippen molar-refractivity contribution in [2.24, 2.45) is 0 Å². The van der Waals surface area contributed by atoms with E-state index in [9.17, 15) is 9.18 Å². The smallest absolute Gasteiger partial charge is 0.254 e. The molecule has 0 radical (unpaired) electrons. The first-order valence-corrected chi connectivity index (χ1v) is 6.78. The Hall–Kier alpha value is -1.86. The number of rotatable bonds is 5. The molecule has 0 fully saturated rings. The van der Waals surface area contributed by atoms with E-state index in [2.05, 4.69) is 24.1 Å². The minimum atomic E-state index is -0.570. The van der Waals surface area contributed by atoms with Crippen molar-refractivity contribution in [2.75, 3.05) is 6.61 Å². The van der Waals surface area contributed by atoms with Crippen LogP contribution in [0.15, 0.2) is 18.2 Å². The van der Waals surface area contributed by atoms with Gasteiger partial charge in [0.1, 0.15) is 12.4 Å². The fourth-order valence-electron chi connectivity index (χ4n) is 1.80. The van der Waals surface area contributed by atoms with Gasteiger partial charge in [-0.05, 0) is 31.5 Å². The Labute approximate surface area is 119 Å². The highest BCUT2D eigenvalue weighted by molar-refractivity contribution is 5.95. The summed E-state index contributed by atoms with van der Waals surface area (Å²) in [5.74, 6) is 4.13. The highest BCUT2D eigenvalue weighted by atomic mass is 19.1. The van der Waals surface area contributed by atoms with Gasteiger partial charge in [0.05, 0.1) is 5.56 Å². The van der Waals surface area contributed by atoms with E-state index in [4.69, 9.17) is 5.11 Å². The number of carbonyl (C=O) groups is 1. The molecule has 0 saturated carbocycles. The first kappa shape index (κ1) is 16.2. The van der Waals surface area contributed by atoms with Crippen molar-refractivity contribution in [1.29, 1.82) is 0 Å². The Morgan fingerprint density at radius 3 is 2.90 bits per heavy atom. The molecular weight excluding hydrogens is 257 g/mol. The zero-order valence-electron chi connectivity index (χ0n) is 11.9. The SMILES string of the molecule is CCCCC(C)NC(=O)c1cc(C#CCO)ccc1F. The molecule has 1 rings (SSSR count). The molecule has 0 spiro atoms. The number of halogens is 1. The Morgan fingerprint density at radius 2 is 2.25 bits per heavy atom. The molecule has 1 aromatic carbocycles. The second kappa shape index (κ2) is 8.34. The van der Waals surface area contributed by atoms with Crippen molar-refractivity contribution in [3.63, 3.8) is 0 Å². The van der Waals surface area contributed by atoms with Crippen LogP contribution >= 0.6 is 0 Å². The molecule has 2 N–H and O–H groups in total. The lowest BCUT2D eigenvalue weighted by Gasteiger charge is -2.13. The molecule has 0 saturated heterocycles. The molecule has 108 valence electrons. The quantitative estimate of drug-likeness (QED) is 0.812. The highest BCUT2D eigenvalue weighted by Gasteiger charge is 2.14. The van der Waals surface area contributed by atoms with Crippen LogP contribution in [0, 0.1) is 17.7 Å². The summed E-state index contributed by atoms with van der Waals surface area (Å²) in [6, 6.07) is 4.11. The molecule has 1 atom stereocenters. The van der Waals surface area contributed by atoms with E-state index in [0.717, 1.165) is 19.3 Å². The average Bonchev–Trinajstić information content (AvgIpc) is 2.44. The molecule has 1 unspecified atom stereocenters. The molecule has 1 aromatic rings. The van der Waals surface area contributed by atoms with Crippen LogP contribution in [0.4, 0.5) is 4.39 Å². The van der Waals surface area contributed by atoms with Crippen LogP contribution in [0.3, 0.4) is 0 Å². The van der Waals surface area contributed by atoms with E-state index in [1.807, 2.05) is 6.92 Å². The fraction of sp³-hybridized carbons (Fsp3) is 0.438. The summed E-state index contributed by atoms with van der Waals surface area (Å²) in [5, 5.41) is 11.4. The van der Waals surface area contributed by atoms with E-state index in [1.54, 1.807) is 0 Å². The molecule has 4 heteroatoms. The second-order valence-corrected chi connectivity index (χ2v) is 4.67. The number of nitrogens with one attached hydrogen (secondary N) is 1. The number of aliphatic hydroxyl groups is 1. The van der Waals surface area contributed by atoms with Crippen LogP contribution in [0.2, 0.25) is 0 Å². The van der Waals surface area contributed by atoms with E-state index in [-0.39, 0.29) is 18.2 Å². The summed E-state index contributed by atoms with van der Waals surface area (Å²) >= 11 is 0. The van der Waals surface area contributed by atoms with Crippen LogP contribution in [0.1, 0.15) is 49.0 Å². The largest absolute Gasteiger partial charge is 0.384 e. The maximum absolute atomic E-state index is 13.7. The van der Waals surface area contributed by atoms with Gasteiger partial charge in [0.2, 0.25) is 0 Å². The molecule has 1 amide bonds. The van der Waals surface area contributed by atoms with Crippen molar-refractivity contribution in [1.82, 2.24) is 5.32 Å². The first-order chi connectivity index (χ1) is 9.58. The van der Waals surface area contributed by atoms with Crippen LogP contribution < -0.4 is 5.32 Å². The lowest BCUT2D eigenvalue weighted by Crippen LogP contribution is -2.33. The maximum atomic E-state index is 13.7. The number of amides is 1. The van der Waals surface area contributed by atoms with Crippen LogP contribution in [-0.4, -0.2) is 23.7 Å². The van der Waals surface area contributed by atoms with E-state index >= 15 is 0 Å². The second-order valence-electron chi connectivity index (χ2n) is 4.67. The third kappa shape index (κ3) is 5.02. The summed E-state index contributed by atoms with van der Waals surface area (Å²) in [5.41, 5.74) is 0.491. The summed E-state index contributed by atoms with van der Waals surface area (Å²) in [4.78, 5) is 12.0. The van der Waals surface area contributed by atoms with Gasteiger partial charge in [0.15, 0.2) is 0 Å². The van der Waals surface area contributed by atoms with Crippen molar-refractivity contribution < 1.29 is 14.3 Å². The Bertz CT molecular complexity index is 517. The van der Waals surface area contributed by atoms with Gasteiger partial charge in [0, 0.05) is 11.6 Å². The van der Waals surface area contributed by atoms with Crippen LogP contribution in [0.5, 0.6) is 0 Å². The third-order valence-corrected chi connectivity index (χ3v) is 2.89. The predicted molar refractivity (Wildman–Crippen MR) is 76.8 cm³/mol.